The molecule has 0 aromatic heterocycles. The lowest BCUT2D eigenvalue weighted by Gasteiger charge is -2.27. The van der Waals surface area contributed by atoms with Gasteiger partial charge in [-0.3, -0.25) is 9.59 Å². The van der Waals surface area contributed by atoms with E-state index in [9.17, 15) is 14.7 Å². The van der Waals surface area contributed by atoms with Gasteiger partial charge in [-0.05, 0) is 57.0 Å². The summed E-state index contributed by atoms with van der Waals surface area (Å²) in [7, 11) is 0. The second-order valence-electron chi connectivity index (χ2n) is 6.26. The molecule has 5 N–H and O–H groups in total. The average Bonchev–Trinajstić information content (AvgIpc) is 3.06. The van der Waals surface area contributed by atoms with Gasteiger partial charge in [0.2, 0.25) is 5.91 Å². The van der Waals surface area contributed by atoms with Crippen molar-refractivity contribution in [2.45, 2.75) is 32.1 Å². The largest absolute Gasteiger partial charge is 0.481 e. The van der Waals surface area contributed by atoms with Crippen LogP contribution in [-0.4, -0.2) is 43.2 Å². The third-order valence-electron chi connectivity index (χ3n) is 4.91. The molecule has 0 spiro atoms. The molecule has 2 aliphatic carbocycles. The highest BCUT2D eigenvalue weighted by molar-refractivity contribution is 5.86. The predicted molar refractivity (Wildman–Crippen MR) is 79.6 cm³/mol. The molecule has 4 unspecified atom stereocenters. The van der Waals surface area contributed by atoms with Gasteiger partial charge in [0.25, 0.3) is 0 Å². The maximum absolute atomic E-state index is 12.3. The summed E-state index contributed by atoms with van der Waals surface area (Å²) in [4.78, 5) is 23.6. The minimum absolute atomic E-state index is 0.0710. The van der Waals surface area contributed by atoms with Crippen LogP contribution in [0.1, 0.15) is 32.1 Å². The van der Waals surface area contributed by atoms with E-state index in [1.807, 2.05) is 0 Å². The van der Waals surface area contributed by atoms with Crippen molar-refractivity contribution in [3.8, 4) is 0 Å². The Morgan fingerprint density at radius 1 is 1.05 bits per heavy atom. The van der Waals surface area contributed by atoms with E-state index < -0.39 is 11.9 Å². The van der Waals surface area contributed by atoms with Crippen molar-refractivity contribution in [1.82, 2.24) is 10.6 Å². The van der Waals surface area contributed by atoms with Gasteiger partial charge < -0.3 is 21.5 Å². The van der Waals surface area contributed by atoms with Crippen LogP contribution in [-0.2, 0) is 9.59 Å². The van der Waals surface area contributed by atoms with Gasteiger partial charge in [0.05, 0.1) is 11.8 Å². The van der Waals surface area contributed by atoms with Gasteiger partial charge in [-0.2, -0.15) is 0 Å². The Labute approximate surface area is 125 Å². The highest BCUT2D eigenvalue weighted by Gasteiger charge is 2.53. The van der Waals surface area contributed by atoms with Crippen molar-refractivity contribution in [2.24, 2.45) is 29.4 Å². The van der Waals surface area contributed by atoms with E-state index in [1.165, 1.54) is 0 Å². The Hall–Kier alpha value is -1.14. The predicted octanol–water partition coefficient (Wildman–Crippen LogP) is 0.178. The number of unbranched alkanes of at least 4 members (excludes halogenated alkanes) is 1. The molecule has 2 bridgehead atoms. The van der Waals surface area contributed by atoms with Crippen LogP contribution < -0.4 is 16.4 Å². The molecule has 1 amide bonds. The number of rotatable bonds is 9. The monoisotopic (exact) mass is 297 g/mol. The van der Waals surface area contributed by atoms with E-state index in [0.717, 1.165) is 45.2 Å². The molecule has 2 saturated carbocycles. The van der Waals surface area contributed by atoms with Crippen molar-refractivity contribution < 1.29 is 14.7 Å². The standard InChI is InChI=1S/C15H27N3O3/c16-5-1-2-6-17-7-8-18-14(19)12-10-3-4-11(9-10)13(12)15(20)21/h10-13,17H,1-9,16H2,(H,18,19)(H,20,21). The van der Waals surface area contributed by atoms with Gasteiger partial charge in [-0.1, -0.05) is 0 Å². The fourth-order valence-electron chi connectivity index (χ4n) is 3.94. The molecule has 0 saturated heterocycles. The number of hydrogen-bond acceptors (Lipinski definition) is 4. The first-order chi connectivity index (χ1) is 10.1. The number of carbonyl (C=O) groups excluding carboxylic acids is 1. The molecular formula is C15H27N3O3. The topological polar surface area (TPSA) is 104 Å². The average molecular weight is 297 g/mol. The summed E-state index contributed by atoms with van der Waals surface area (Å²) in [6.07, 6.45) is 4.92. The SMILES string of the molecule is NCCCCNCCNC(=O)C1C2CCC(C2)C1C(=O)O. The van der Waals surface area contributed by atoms with E-state index in [-0.39, 0.29) is 23.7 Å². The maximum Gasteiger partial charge on any atom is 0.307 e. The number of nitrogens with two attached hydrogens (primary N) is 1. The zero-order chi connectivity index (χ0) is 15.2. The molecule has 4 atom stereocenters. The first kappa shape index (κ1) is 16.2. The van der Waals surface area contributed by atoms with Crippen LogP contribution in [0.5, 0.6) is 0 Å². The highest BCUT2D eigenvalue weighted by Crippen LogP contribution is 2.52. The van der Waals surface area contributed by atoms with Crippen molar-refractivity contribution in [3.05, 3.63) is 0 Å². The van der Waals surface area contributed by atoms with E-state index in [2.05, 4.69) is 10.6 Å². The Balaban J connectivity index is 1.69. The molecule has 0 aliphatic heterocycles. The zero-order valence-corrected chi connectivity index (χ0v) is 12.5. The lowest BCUT2D eigenvalue weighted by atomic mass is 9.79. The number of carboxylic acid groups (broad SMARTS) is 1. The number of carboxylic acids is 1. The number of hydrogen-bond donors (Lipinski definition) is 4. The molecule has 21 heavy (non-hydrogen) atoms. The molecule has 120 valence electrons. The van der Waals surface area contributed by atoms with Crippen LogP contribution in [0.15, 0.2) is 0 Å². The number of amides is 1. The smallest absolute Gasteiger partial charge is 0.307 e. The van der Waals surface area contributed by atoms with E-state index in [4.69, 9.17) is 5.73 Å². The second kappa shape index (κ2) is 7.75. The van der Waals surface area contributed by atoms with Crippen LogP contribution >= 0.6 is 0 Å². The third kappa shape index (κ3) is 3.95. The number of carbonyl (C=O) groups is 2. The lowest BCUT2D eigenvalue weighted by molar-refractivity contribution is -0.149. The van der Waals surface area contributed by atoms with Crippen LogP contribution in [0.2, 0.25) is 0 Å². The molecule has 6 heteroatoms. The summed E-state index contributed by atoms with van der Waals surface area (Å²) >= 11 is 0. The molecular weight excluding hydrogens is 270 g/mol. The van der Waals surface area contributed by atoms with Crippen LogP contribution in [0.25, 0.3) is 0 Å². The van der Waals surface area contributed by atoms with Crippen LogP contribution in [0.3, 0.4) is 0 Å². The van der Waals surface area contributed by atoms with E-state index >= 15 is 0 Å². The molecule has 6 nitrogen and oxygen atoms in total. The Morgan fingerprint density at radius 2 is 1.76 bits per heavy atom. The van der Waals surface area contributed by atoms with Gasteiger partial charge in [0.15, 0.2) is 0 Å². The summed E-state index contributed by atoms with van der Waals surface area (Å²) in [5, 5.41) is 15.5. The summed E-state index contributed by atoms with van der Waals surface area (Å²) in [6, 6.07) is 0. The molecule has 0 aromatic rings. The Kier molecular flexibility index (Phi) is 5.99. The molecule has 2 fully saturated rings. The van der Waals surface area contributed by atoms with Gasteiger partial charge in [0.1, 0.15) is 0 Å². The van der Waals surface area contributed by atoms with Crippen molar-refractivity contribution in [1.29, 1.82) is 0 Å². The minimum atomic E-state index is -0.803. The lowest BCUT2D eigenvalue weighted by Crippen LogP contribution is -2.43. The fourth-order valence-corrected chi connectivity index (χ4v) is 3.94. The summed E-state index contributed by atoms with van der Waals surface area (Å²) in [5.74, 6) is -1.19. The second-order valence-corrected chi connectivity index (χ2v) is 6.26. The molecule has 2 aliphatic rings. The van der Waals surface area contributed by atoms with Crippen LogP contribution in [0, 0.1) is 23.7 Å². The van der Waals surface area contributed by atoms with Gasteiger partial charge in [0, 0.05) is 13.1 Å². The van der Waals surface area contributed by atoms with Crippen molar-refractivity contribution in [3.63, 3.8) is 0 Å². The molecule has 2 rings (SSSR count). The molecule has 0 heterocycles. The van der Waals surface area contributed by atoms with Gasteiger partial charge in [-0.15, -0.1) is 0 Å². The molecule has 0 aromatic carbocycles. The zero-order valence-electron chi connectivity index (χ0n) is 12.5. The molecule has 0 radical (unpaired) electrons. The normalized spacial score (nSPS) is 30.5. The first-order valence-corrected chi connectivity index (χ1v) is 8.06. The van der Waals surface area contributed by atoms with Crippen molar-refractivity contribution in [2.75, 3.05) is 26.2 Å². The van der Waals surface area contributed by atoms with Crippen LogP contribution in [0.4, 0.5) is 0 Å². The van der Waals surface area contributed by atoms with Gasteiger partial charge >= 0.3 is 5.97 Å². The number of nitrogens with one attached hydrogen (secondary N) is 2. The minimum Gasteiger partial charge on any atom is -0.481 e. The maximum atomic E-state index is 12.3. The Morgan fingerprint density at radius 3 is 2.43 bits per heavy atom. The summed E-state index contributed by atoms with van der Waals surface area (Å²) in [6.45, 7) is 2.88. The highest BCUT2D eigenvalue weighted by atomic mass is 16.4. The number of aliphatic carboxylic acids is 1. The van der Waals surface area contributed by atoms with Crippen molar-refractivity contribution >= 4 is 11.9 Å². The third-order valence-corrected chi connectivity index (χ3v) is 4.91. The number of fused-ring (bicyclic) bond motifs is 2. The van der Waals surface area contributed by atoms with Gasteiger partial charge in [-0.25, -0.2) is 0 Å². The fraction of sp³-hybridized carbons (Fsp3) is 0.867. The summed E-state index contributed by atoms with van der Waals surface area (Å²) < 4.78 is 0. The Bertz CT molecular complexity index is 375. The van der Waals surface area contributed by atoms with E-state index in [1.54, 1.807) is 0 Å². The first-order valence-electron chi connectivity index (χ1n) is 8.06. The summed E-state index contributed by atoms with van der Waals surface area (Å²) in [5.41, 5.74) is 5.41. The quantitative estimate of drug-likeness (QED) is 0.454. The van der Waals surface area contributed by atoms with E-state index in [0.29, 0.717) is 13.1 Å².